The second-order valence-electron chi connectivity index (χ2n) is 5.50. The van der Waals surface area contributed by atoms with Gasteiger partial charge in [-0.25, -0.2) is 21.2 Å². The van der Waals surface area contributed by atoms with Crippen LogP contribution in [0.4, 0.5) is 4.39 Å². The summed E-state index contributed by atoms with van der Waals surface area (Å²) in [6, 6.07) is 13.4. The van der Waals surface area contributed by atoms with Crippen molar-refractivity contribution in [2.24, 2.45) is 5.92 Å². The van der Waals surface area contributed by atoms with E-state index in [0.29, 0.717) is 0 Å². The summed E-state index contributed by atoms with van der Waals surface area (Å²) in [6.45, 7) is 4.98. The summed E-state index contributed by atoms with van der Waals surface area (Å²) >= 11 is 0. The van der Waals surface area contributed by atoms with Crippen LogP contribution in [0.1, 0.15) is 6.92 Å². The van der Waals surface area contributed by atoms with Crippen LogP contribution in [0.5, 0.6) is 0 Å². The molecule has 1 atom stereocenters. The fraction of sp³-hybridized carbons (Fsp3) is 0.158. The molecule has 0 saturated heterocycles. The van der Waals surface area contributed by atoms with Crippen molar-refractivity contribution in [2.45, 2.75) is 21.0 Å². The molecule has 7 heteroatoms. The summed E-state index contributed by atoms with van der Waals surface area (Å²) in [5.41, 5.74) is 0. The lowest BCUT2D eigenvalue weighted by molar-refractivity contribution is 0.318. The summed E-state index contributed by atoms with van der Waals surface area (Å²) in [5, 5.41) is 0. The Morgan fingerprint density at radius 3 is 1.58 bits per heavy atom. The van der Waals surface area contributed by atoms with E-state index >= 15 is 4.39 Å². The van der Waals surface area contributed by atoms with Gasteiger partial charge in [0.05, 0.1) is 15.7 Å². The highest BCUT2D eigenvalue weighted by Crippen LogP contribution is 2.43. The second kappa shape index (κ2) is 7.55. The van der Waals surface area contributed by atoms with Crippen LogP contribution < -0.4 is 0 Å². The van der Waals surface area contributed by atoms with Gasteiger partial charge in [-0.2, -0.15) is 0 Å². The average molecular weight is 394 g/mol. The number of hydrogen-bond donors (Lipinski definition) is 0. The zero-order valence-corrected chi connectivity index (χ0v) is 15.8. The topological polar surface area (TPSA) is 68.3 Å². The predicted octanol–water partition coefficient (Wildman–Crippen LogP) is 3.94. The van der Waals surface area contributed by atoms with Crippen molar-refractivity contribution in [1.82, 2.24) is 0 Å². The van der Waals surface area contributed by atoms with E-state index < -0.39 is 39.7 Å². The van der Waals surface area contributed by atoms with Crippen LogP contribution in [0, 0.1) is 5.92 Å². The van der Waals surface area contributed by atoms with E-state index in [9.17, 15) is 16.8 Å². The minimum atomic E-state index is -4.92. The van der Waals surface area contributed by atoms with Crippen molar-refractivity contribution in [3.63, 3.8) is 0 Å². The highest BCUT2D eigenvalue weighted by molar-refractivity contribution is 8.10. The van der Waals surface area contributed by atoms with Crippen LogP contribution in [0.2, 0.25) is 0 Å². The number of rotatable bonds is 7. The Hall–Kier alpha value is -2.25. The summed E-state index contributed by atoms with van der Waals surface area (Å²) in [6.07, 6.45) is 3.55. The first-order chi connectivity index (χ1) is 12.2. The Morgan fingerprint density at radius 2 is 1.27 bits per heavy atom. The zero-order chi connectivity index (χ0) is 19.4. The number of allylic oxidation sites excluding steroid dienone is 3. The summed E-state index contributed by atoms with van der Waals surface area (Å²) in [5.74, 6) is -1.59. The Labute approximate surface area is 153 Å². The lowest BCUT2D eigenvalue weighted by Crippen LogP contribution is -2.47. The van der Waals surface area contributed by atoms with Gasteiger partial charge < -0.3 is 0 Å². The van der Waals surface area contributed by atoms with Gasteiger partial charge in [-0.05, 0) is 31.2 Å². The van der Waals surface area contributed by atoms with Gasteiger partial charge in [-0.15, -0.1) is 6.58 Å². The molecule has 2 rings (SSSR count). The van der Waals surface area contributed by atoms with Crippen molar-refractivity contribution in [3.8, 4) is 0 Å². The van der Waals surface area contributed by atoms with Crippen molar-refractivity contribution in [1.29, 1.82) is 0 Å². The Kier molecular flexibility index (Phi) is 5.83. The second-order valence-corrected chi connectivity index (χ2v) is 9.91. The Morgan fingerprint density at radius 1 is 0.885 bits per heavy atom. The molecule has 0 N–H and O–H groups in total. The number of benzene rings is 2. The van der Waals surface area contributed by atoms with Crippen LogP contribution in [0.3, 0.4) is 0 Å². The van der Waals surface area contributed by atoms with Crippen molar-refractivity contribution in [3.05, 3.63) is 85.5 Å². The summed E-state index contributed by atoms with van der Waals surface area (Å²) < 4.78 is 65.1. The maximum absolute atomic E-state index is 16.3. The maximum atomic E-state index is 16.3. The molecule has 2 aromatic carbocycles. The molecular weight excluding hydrogens is 375 g/mol. The van der Waals surface area contributed by atoms with Gasteiger partial charge in [-0.1, -0.05) is 54.6 Å². The van der Waals surface area contributed by atoms with E-state index in [1.165, 1.54) is 60.7 Å². The first-order valence-electron chi connectivity index (χ1n) is 7.77. The molecule has 0 saturated carbocycles. The highest BCUT2D eigenvalue weighted by atomic mass is 32.3. The molecule has 0 heterocycles. The van der Waals surface area contributed by atoms with E-state index in [2.05, 4.69) is 6.58 Å². The standard InChI is InChI=1S/C19H19FO4S2/c1-3-11-16(4-2)19(20,25(21,22)17-12-7-5-8-13-17)26(23,24)18-14-9-6-10-15-18/h3-16H,2H2,1H3. The molecule has 1 unspecified atom stereocenters. The summed E-state index contributed by atoms with van der Waals surface area (Å²) in [4.78, 5) is -0.836. The number of alkyl halides is 1. The molecule has 0 radical (unpaired) electrons. The van der Waals surface area contributed by atoms with Crippen LogP contribution in [-0.4, -0.2) is 21.2 Å². The third kappa shape index (κ3) is 3.12. The van der Waals surface area contributed by atoms with E-state index in [1.807, 2.05) is 0 Å². The lowest BCUT2D eigenvalue weighted by atomic mass is 10.1. The molecule has 138 valence electrons. The summed E-state index contributed by atoms with van der Waals surface area (Å²) in [7, 11) is -9.83. The maximum Gasteiger partial charge on any atom is 0.327 e. The molecule has 0 fully saturated rings. The van der Waals surface area contributed by atoms with Gasteiger partial charge in [-0.3, -0.25) is 0 Å². The molecule has 0 bridgehead atoms. The molecule has 4 nitrogen and oxygen atoms in total. The molecular formula is C19H19FO4S2. The molecule has 0 aliphatic rings. The third-order valence-corrected chi connectivity index (χ3v) is 9.00. The molecule has 0 aromatic heterocycles. The SMILES string of the molecule is C=CC(C=CC)C(F)(S(=O)(=O)c1ccccc1)S(=O)(=O)c1ccccc1. The molecule has 0 spiro atoms. The Bertz CT molecular complexity index is 927. The quantitative estimate of drug-likeness (QED) is 0.667. The minimum Gasteiger partial charge on any atom is -0.219 e. The fourth-order valence-electron chi connectivity index (χ4n) is 2.57. The zero-order valence-electron chi connectivity index (χ0n) is 14.1. The minimum absolute atomic E-state index is 0.418. The molecule has 0 aliphatic carbocycles. The largest absolute Gasteiger partial charge is 0.327 e. The van der Waals surface area contributed by atoms with E-state index in [1.54, 1.807) is 19.1 Å². The first-order valence-corrected chi connectivity index (χ1v) is 10.7. The van der Waals surface area contributed by atoms with E-state index in [-0.39, 0.29) is 0 Å². The molecule has 0 aliphatic heterocycles. The molecule has 26 heavy (non-hydrogen) atoms. The lowest BCUT2D eigenvalue weighted by Gasteiger charge is -2.29. The number of hydrogen-bond acceptors (Lipinski definition) is 4. The normalized spacial score (nSPS) is 14.2. The van der Waals surface area contributed by atoms with E-state index in [4.69, 9.17) is 0 Å². The average Bonchev–Trinajstić information content (AvgIpc) is 2.66. The van der Waals surface area contributed by atoms with Crippen LogP contribution in [0.25, 0.3) is 0 Å². The molecule has 0 amide bonds. The smallest absolute Gasteiger partial charge is 0.219 e. The van der Waals surface area contributed by atoms with Crippen LogP contribution in [-0.2, 0) is 19.7 Å². The molecule has 2 aromatic rings. The monoisotopic (exact) mass is 394 g/mol. The number of halogens is 1. The van der Waals surface area contributed by atoms with Crippen LogP contribution >= 0.6 is 0 Å². The number of sulfone groups is 2. The van der Waals surface area contributed by atoms with Gasteiger partial charge in [0.1, 0.15) is 0 Å². The van der Waals surface area contributed by atoms with Gasteiger partial charge in [0, 0.05) is 0 Å². The van der Waals surface area contributed by atoms with Crippen molar-refractivity contribution in [2.75, 3.05) is 0 Å². The third-order valence-electron chi connectivity index (χ3n) is 3.89. The first kappa shape index (κ1) is 20.1. The van der Waals surface area contributed by atoms with Crippen molar-refractivity contribution >= 4 is 19.7 Å². The van der Waals surface area contributed by atoms with E-state index in [0.717, 1.165) is 6.08 Å². The predicted molar refractivity (Wildman–Crippen MR) is 99.6 cm³/mol. The Balaban J connectivity index is 2.87. The fourth-order valence-corrected chi connectivity index (χ4v) is 7.04. The van der Waals surface area contributed by atoms with Gasteiger partial charge in [0.15, 0.2) is 0 Å². The van der Waals surface area contributed by atoms with Gasteiger partial charge in [0.25, 0.3) is 0 Å². The van der Waals surface area contributed by atoms with Gasteiger partial charge in [0.2, 0.25) is 19.7 Å². The van der Waals surface area contributed by atoms with Gasteiger partial charge >= 0.3 is 4.33 Å². The highest BCUT2D eigenvalue weighted by Gasteiger charge is 2.60. The van der Waals surface area contributed by atoms with Crippen molar-refractivity contribution < 1.29 is 21.2 Å². The van der Waals surface area contributed by atoms with Crippen LogP contribution in [0.15, 0.2) is 95.3 Å².